The van der Waals surface area contributed by atoms with Crippen molar-refractivity contribution in [3.8, 4) is 5.75 Å². The second kappa shape index (κ2) is 2.60. The highest BCUT2D eigenvalue weighted by atomic mass is 32.1. The molecular formula is C9H7NOS. The molecule has 0 atom stereocenters. The van der Waals surface area contributed by atoms with Gasteiger partial charge in [0.15, 0.2) is 0 Å². The Morgan fingerprint density at radius 2 is 2.08 bits per heavy atom. The summed E-state index contributed by atoms with van der Waals surface area (Å²) >= 11 is 5.10. The number of aromatic nitrogens is 1. The van der Waals surface area contributed by atoms with Gasteiger partial charge in [-0.1, -0.05) is 12.2 Å². The Labute approximate surface area is 74.5 Å². The van der Waals surface area contributed by atoms with E-state index in [-0.39, 0.29) is 5.75 Å². The molecule has 1 heterocycles. The van der Waals surface area contributed by atoms with Crippen molar-refractivity contribution in [1.29, 1.82) is 0 Å². The molecule has 0 fully saturated rings. The van der Waals surface area contributed by atoms with Crippen LogP contribution in [-0.4, -0.2) is 10.1 Å². The van der Waals surface area contributed by atoms with E-state index in [0.717, 1.165) is 15.4 Å². The number of benzene rings is 1. The number of pyridine rings is 1. The van der Waals surface area contributed by atoms with Gasteiger partial charge in [0.2, 0.25) is 0 Å². The largest absolute Gasteiger partial charge is 0.508 e. The topological polar surface area (TPSA) is 36.0 Å². The first-order chi connectivity index (χ1) is 5.77. The van der Waals surface area contributed by atoms with E-state index in [9.17, 15) is 0 Å². The second-order valence-corrected chi connectivity index (χ2v) is 3.01. The number of aromatic hydroxyl groups is 1. The van der Waals surface area contributed by atoms with Gasteiger partial charge in [0.05, 0.1) is 5.52 Å². The van der Waals surface area contributed by atoms with Crippen molar-refractivity contribution in [2.45, 2.75) is 0 Å². The molecular weight excluding hydrogens is 170 g/mol. The summed E-state index contributed by atoms with van der Waals surface area (Å²) in [5.74, 6) is 0.249. The highest BCUT2D eigenvalue weighted by Gasteiger charge is 1.94. The van der Waals surface area contributed by atoms with Gasteiger partial charge in [-0.15, -0.1) is 0 Å². The van der Waals surface area contributed by atoms with E-state index in [1.54, 1.807) is 18.3 Å². The minimum atomic E-state index is 0.249. The quantitative estimate of drug-likeness (QED) is 0.607. The van der Waals surface area contributed by atoms with Crippen molar-refractivity contribution < 1.29 is 5.11 Å². The average molecular weight is 177 g/mol. The summed E-state index contributed by atoms with van der Waals surface area (Å²) in [7, 11) is 0. The molecule has 0 aliphatic carbocycles. The normalized spacial score (nSPS) is 10.3. The fraction of sp³-hybridized carbons (Fsp3) is 0. The van der Waals surface area contributed by atoms with E-state index in [1.807, 2.05) is 12.1 Å². The number of rotatable bonds is 0. The van der Waals surface area contributed by atoms with Crippen LogP contribution in [0.3, 0.4) is 0 Å². The van der Waals surface area contributed by atoms with E-state index >= 15 is 0 Å². The first-order valence-electron chi connectivity index (χ1n) is 3.58. The number of H-pyrrole nitrogens is 1. The van der Waals surface area contributed by atoms with Gasteiger partial charge in [0.1, 0.15) is 5.75 Å². The molecule has 0 aliphatic heterocycles. The molecule has 2 aromatic rings. The van der Waals surface area contributed by atoms with Crippen LogP contribution in [0.5, 0.6) is 5.75 Å². The Kier molecular flexibility index (Phi) is 1.59. The average Bonchev–Trinajstić information content (AvgIpc) is 2.04. The van der Waals surface area contributed by atoms with Gasteiger partial charge in [-0.2, -0.15) is 0 Å². The number of nitrogens with one attached hydrogen (secondary N) is 1. The molecule has 2 N–H and O–H groups in total. The third kappa shape index (κ3) is 1.08. The molecule has 3 heteroatoms. The summed E-state index contributed by atoms with van der Waals surface area (Å²) in [5.41, 5.74) is 0.863. The van der Waals surface area contributed by atoms with Gasteiger partial charge in [0.25, 0.3) is 0 Å². The molecule has 2 nitrogen and oxygen atoms in total. The maximum Gasteiger partial charge on any atom is 0.117 e. The predicted molar refractivity (Wildman–Crippen MR) is 50.8 cm³/mol. The number of hydrogen-bond acceptors (Lipinski definition) is 2. The number of aromatic amines is 1. The lowest BCUT2D eigenvalue weighted by molar-refractivity contribution is 0.476. The number of hydrogen-bond donors (Lipinski definition) is 2. The van der Waals surface area contributed by atoms with Crippen molar-refractivity contribution >= 4 is 23.1 Å². The van der Waals surface area contributed by atoms with Crippen molar-refractivity contribution in [2.75, 3.05) is 0 Å². The molecule has 2 rings (SSSR count). The van der Waals surface area contributed by atoms with Crippen LogP contribution in [0.1, 0.15) is 0 Å². The van der Waals surface area contributed by atoms with E-state index in [2.05, 4.69) is 4.98 Å². The van der Waals surface area contributed by atoms with E-state index in [0.29, 0.717) is 0 Å². The van der Waals surface area contributed by atoms with E-state index < -0.39 is 0 Å². The van der Waals surface area contributed by atoms with Crippen LogP contribution in [0.25, 0.3) is 10.9 Å². The maximum absolute atomic E-state index is 9.17. The van der Waals surface area contributed by atoms with Crippen molar-refractivity contribution in [1.82, 2.24) is 4.98 Å². The lowest BCUT2D eigenvalue weighted by Gasteiger charge is -1.97. The third-order valence-electron chi connectivity index (χ3n) is 1.74. The van der Waals surface area contributed by atoms with Gasteiger partial charge < -0.3 is 10.1 Å². The van der Waals surface area contributed by atoms with Gasteiger partial charge in [-0.05, 0) is 18.2 Å². The summed E-state index contributed by atoms with van der Waals surface area (Å²) < 4.78 is 0.795. The van der Waals surface area contributed by atoms with Gasteiger partial charge in [0, 0.05) is 22.2 Å². The zero-order chi connectivity index (χ0) is 8.55. The number of phenolic OH excluding ortho intramolecular Hbond substituents is 1. The predicted octanol–water partition coefficient (Wildman–Crippen LogP) is 2.60. The molecule has 0 radical (unpaired) electrons. The van der Waals surface area contributed by atoms with Crippen LogP contribution < -0.4 is 0 Å². The van der Waals surface area contributed by atoms with E-state index in [1.165, 1.54) is 0 Å². The molecule has 0 saturated carbocycles. The van der Waals surface area contributed by atoms with Crippen molar-refractivity contribution in [3.63, 3.8) is 0 Å². The fourth-order valence-corrected chi connectivity index (χ4v) is 1.41. The van der Waals surface area contributed by atoms with Gasteiger partial charge in [-0.3, -0.25) is 0 Å². The third-order valence-corrected chi connectivity index (χ3v) is 2.10. The first-order valence-corrected chi connectivity index (χ1v) is 3.98. The Morgan fingerprint density at radius 1 is 1.25 bits per heavy atom. The smallest absolute Gasteiger partial charge is 0.117 e. The first kappa shape index (κ1) is 7.31. The van der Waals surface area contributed by atoms with Crippen LogP contribution in [0.2, 0.25) is 0 Å². The standard InChI is InChI=1S/C9H7NOS/c11-6-1-2-7-8(5-6)10-4-3-9(7)12/h1-5,11H,(H,10,12). The lowest BCUT2D eigenvalue weighted by atomic mass is 10.2. The van der Waals surface area contributed by atoms with Crippen LogP contribution in [0.15, 0.2) is 30.5 Å². The molecule has 60 valence electrons. The SMILES string of the molecule is Oc1ccc2c(=S)cc[nH]c2c1. The van der Waals surface area contributed by atoms with Crippen molar-refractivity contribution in [3.05, 3.63) is 35.0 Å². The van der Waals surface area contributed by atoms with Crippen LogP contribution >= 0.6 is 12.2 Å². The second-order valence-electron chi connectivity index (χ2n) is 2.57. The minimum absolute atomic E-state index is 0.249. The Morgan fingerprint density at radius 3 is 2.92 bits per heavy atom. The van der Waals surface area contributed by atoms with Crippen LogP contribution in [-0.2, 0) is 0 Å². The molecule has 0 bridgehead atoms. The van der Waals surface area contributed by atoms with Crippen LogP contribution in [0.4, 0.5) is 0 Å². The Hall–Kier alpha value is -1.35. The van der Waals surface area contributed by atoms with Crippen molar-refractivity contribution in [2.24, 2.45) is 0 Å². The molecule has 0 spiro atoms. The molecule has 0 unspecified atom stereocenters. The zero-order valence-electron chi connectivity index (χ0n) is 6.24. The van der Waals surface area contributed by atoms with Crippen LogP contribution in [0, 0.1) is 4.51 Å². The molecule has 1 aromatic heterocycles. The van der Waals surface area contributed by atoms with E-state index in [4.69, 9.17) is 17.3 Å². The maximum atomic E-state index is 9.17. The summed E-state index contributed by atoms with van der Waals surface area (Å²) in [4.78, 5) is 3.01. The molecule has 0 amide bonds. The Bertz CT molecular complexity index is 475. The summed E-state index contributed by atoms with van der Waals surface area (Å²) in [5, 5.41) is 10.1. The lowest BCUT2D eigenvalue weighted by Crippen LogP contribution is -1.77. The highest BCUT2D eigenvalue weighted by molar-refractivity contribution is 7.71. The number of phenols is 1. The molecule has 0 saturated heterocycles. The Balaban J connectivity index is 2.96. The molecule has 0 aliphatic rings. The fourth-order valence-electron chi connectivity index (χ4n) is 1.16. The molecule has 12 heavy (non-hydrogen) atoms. The highest BCUT2D eigenvalue weighted by Crippen LogP contribution is 2.18. The monoisotopic (exact) mass is 177 g/mol. The minimum Gasteiger partial charge on any atom is -0.508 e. The number of fused-ring (bicyclic) bond motifs is 1. The van der Waals surface area contributed by atoms with Gasteiger partial charge in [-0.25, -0.2) is 0 Å². The zero-order valence-corrected chi connectivity index (χ0v) is 7.06. The molecule has 1 aromatic carbocycles. The van der Waals surface area contributed by atoms with Gasteiger partial charge >= 0.3 is 0 Å². The summed E-state index contributed by atoms with van der Waals surface area (Å²) in [6.07, 6.45) is 1.77. The summed E-state index contributed by atoms with van der Waals surface area (Å²) in [6.45, 7) is 0. The summed E-state index contributed by atoms with van der Waals surface area (Å²) in [6, 6.07) is 6.93.